The zero-order valence-electron chi connectivity index (χ0n) is 12.2. The maximum atomic E-state index is 13.7. The first-order chi connectivity index (χ1) is 11.8. The van der Waals surface area contributed by atoms with E-state index in [1.165, 1.54) is 0 Å². The van der Waals surface area contributed by atoms with E-state index in [-0.39, 0.29) is 30.3 Å². The van der Waals surface area contributed by atoms with Gasteiger partial charge in [0.1, 0.15) is 11.6 Å². The number of benzene rings is 2. The number of hydrogen-bond donors (Lipinski definition) is 1. The average molecular weight is 386 g/mol. The van der Waals surface area contributed by atoms with Gasteiger partial charge in [0, 0.05) is 6.07 Å². The number of alkyl halides is 6. The Hall–Kier alpha value is -2.85. The molecule has 26 heavy (non-hydrogen) atoms. The number of rotatable bonds is 3. The number of halogens is 8. The second-order valence-corrected chi connectivity index (χ2v) is 4.91. The highest BCUT2D eigenvalue weighted by Gasteiger charge is 2.37. The third-order valence-electron chi connectivity index (χ3n) is 3.04. The van der Waals surface area contributed by atoms with Crippen molar-refractivity contribution >= 4 is 5.97 Å². The summed E-state index contributed by atoms with van der Waals surface area (Å²) in [5, 5.41) is 8.63. The van der Waals surface area contributed by atoms with Crippen molar-refractivity contribution < 1.29 is 49.8 Å². The third-order valence-corrected chi connectivity index (χ3v) is 3.04. The van der Waals surface area contributed by atoms with Crippen LogP contribution in [0, 0.1) is 11.6 Å². The van der Waals surface area contributed by atoms with Crippen LogP contribution in [0.4, 0.5) is 35.1 Å². The third kappa shape index (κ3) is 4.21. The number of aromatic carboxylic acids is 1. The Bertz CT molecular complexity index is 823. The lowest BCUT2D eigenvalue weighted by atomic mass is 10.1. The van der Waals surface area contributed by atoms with Crippen LogP contribution in [0.25, 0.3) is 0 Å². The number of carboxylic acids is 1. The van der Waals surface area contributed by atoms with Gasteiger partial charge in [-0.15, -0.1) is 0 Å². The van der Waals surface area contributed by atoms with E-state index in [0.717, 1.165) is 0 Å². The van der Waals surface area contributed by atoms with Gasteiger partial charge in [0.2, 0.25) is 0 Å². The molecule has 0 bridgehead atoms. The lowest BCUT2D eigenvalue weighted by molar-refractivity contribution is -0.143. The smallest absolute Gasteiger partial charge is 0.416 e. The lowest BCUT2D eigenvalue weighted by Crippen LogP contribution is -2.11. The Kier molecular flexibility index (Phi) is 4.84. The average Bonchev–Trinajstić information content (AvgIpc) is 2.48. The van der Waals surface area contributed by atoms with Crippen LogP contribution >= 0.6 is 0 Å². The molecule has 2 rings (SSSR count). The van der Waals surface area contributed by atoms with E-state index < -0.39 is 58.1 Å². The van der Waals surface area contributed by atoms with Gasteiger partial charge in [0.25, 0.3) is 0 Å². The number of ether oxygens (including phenoxy) is 1. The van der Waals surface area contributed by atoms with E-state index in [9.17, 15) is 39.9 Å². The molecule has 2 aromatic rings. The predicted molar refractivity (Wildman–Crippen MR) is 69.8 cm³/mol. The molecule has 0 aliphatic rings. The molecular formula is C15H6F8O3. The summed E-state index contributed by atoms with van der Waals surface area (Å²) in [5.74, 6) is -6.95. The molecule has 0 unspecified atom stereocenters. The second kappa shape index (κ2) is 6.46. The van der Waals surface area contributed by atoms with Crippen LogP contribution in [0.2, 0.25) is 0 Å². The number of carbonyl (C=O) groups is 1. The van der Waals surface area contributed by atoms with Crippen molar-refractivity contribution in [1.29, 1.82) is 0 Å². The van der Waals surface area contributed by atoms with E-state index in [4.69, 9.17) is 5.11 Å². The molecule has 0 radical (unpaired) electrons. The molecule has 1 N–H and O–H groups in total. The van der Waals surface area contributed by atoms with E-state index in [1.54, 1.807) is 0 Å². The summed E-state index contributed by atoms with van der Waals surface area (Å²) in [6.07, 6.45) is -10.3. The first-order valence-electron chi connectivity index (χ1n) is 6.48. The summed E-state index contributed by atoms with van der Waals surface area (Å²) in [5.41, 5.74) is -4.52. The fourth-order valence-electron chi connectivity index (χ4n) is 1.88. The first kappa shape index (κ1) is 19.5. The van der Waals surface area contributed by atoms with Crippen LogP contribution in [0.5, 0.6) is 11.5 Å². The molecule has 0 aliphatic heterocycles. The molecule has 0 heterocycles. The highest BCUT2D eigenvalue weighted by Crippen LogP contribution is 2.39. The van der Waals surface area contributed by atoms with Crippen molar-refractivity contribution in [3.63, 3.8) is 0 Å². The summed E-state index contributed by atoms with van der Waals surface area (Å²) in [7, 11) is 0. The highest BCUT2D eigenvalue weighted by atomic mass is 19.4. The van der Waals surface area contributed by atoms with Crippen molar-refractivity contribution in [3.8, 4) is 11.5 Å². The Balaban J connectivity index is 2.53. The van der Waals surface area contributed by atoms with Crippen LogP contribution in [0.15, 0.2) is 30.3 Å². The molecule has 140 valence electrons. The fourth-order valence-corrected chi connectivity index (χ4v) is 1.88. The maximum absolute atomic E-state index is 13.7. The van der Waals surface area contributed by atoms with Crippen molar-refractivity contribution in [3.05, 3.63) is 58.7 Å². The zero-order chi connectivity index (χ0) is 19.9. The van der Waals surface area contributed by atoms with E-state index in [0.29, 0.717) is 0 Å². The second-order valence-electron chi connectivity index (χ2n) is 4.91. The fraction of sp³-hybridized carbons (Fsp3) is 0.133. The maximum Gasteiger partial charge on any atom is 0.416 e. The number of hydrogen-bond acceptors (Lipinski definition) is 2. The van der Waals surface area contributed by atoms with Crippen molar-refractivity contribution in [1.82, 2.24) is 0 Å². The lowest BCUT2D eigenvalue weighted by Gasteiger charge is -2.15. The summed E-state index contributed by atoms with van der Waals surface area (Å²) in [6.45, 7) is 0. The van der Waals surface area contributed by atoms with Crippen molar-refractivity contribution in [2.24, 2.45) is 0 Å². The van der Waals surface area contributed by atoms with Crippen LogP contribution < -0.4 is 4.74 Å². The van der Waals surface area contributed by atoms with Crippen LogP contribution in [0.3, 0.4) is 0 Å². The van der Waals surface area contributed by atoms with E-state index in [2.05, 4.69) is 4.74 Å². The Morgan fingerprint density at radius 1 is 0.808 bits per heavy atom. The van der Waals surface area contributed by atoms with Gasteiger partial charge in [-0.25, -0.2) is 13.6 Å². The summed E-state index contributed by atoms with van der Waals surface area (Å²) >= 11 is 0. The molecule has 0 fully saturated rings. The van der Waals surface area contributed by atoms with Crippen molar-refractivity contribution in [2.45, 2.75) is 12.4 Å². The van der Waals surface area contributed by atoms with Gasteiger partial charge in [0.05, 0.1) is 16.7 Å². The molecule has 0 aromatic heterocycles. The summed E-state index contributed by atoms with van der Waals surface area (Å²) < 4.78 is 108. The Labute approximate surface area is 139 Å². The minimum Gasteiger partial charge on any atom is -0.478 e. The molecule has 0 spiro atoms. The van der Waals surface area contributed by atoms with Gasteiger partial charge in [-0.2, -0.15) is 26.3 Å². The molecule has 11 heteroatoms. The van der Waals surface area contributed by atoms with Gasteiger partial charge < -0.3 is 9.84 Å². The quantitative estimate of drug-likeness (QED) is 0.710. The largest absolute Gasteiger partial charge is 0.478 e. The standard InChI is InChI=1S/C15H6F8O3/c16-10-5-12(11(17)4-9(10)13(24)25)26-8-2-6(14(18,19)20)1-7(3-8)15(21,22)23/h1-5H,(H,24,25). The minimum absolute atomic E-state index is 0.164. The van der Waals surface area contributed by atoms with Crippen LogP contribution in [0.1, 0.15) is 21.5 Å². The van der Waals surface area contributed by atoms with Gasteiger partial charge in [-0.3, -0.25) is 0 Å². The van der Waals surface area contributed by atoms with Gasteiger partial charge in [-0.1, -0.05) is 0 Å². The Morgan fingerprint density at radius 3 is 1.73 bits per heavy atom. The Morgan fingerprint density at radius 2 is 1.31 bits per heavy atom. The highest BCUT2D eigenvalue weighted by molar-refractivity contribution is 5.88. The monoisotopic (exact) mass is 386 g/mol. The molecule has 0 amide bonds. The topological polar surface area (TPSA) is 46.5 Å². The van der Waals surface area contributed by atoms with Gasteiger partial charge in [-0.05, 0) is 24.3 Å². The van der Waals surface area contributed by atoms with Crippen LogP contribution in [-0.4, -0.2) is 11.1 Å². The molecule has 2 aromatic carbocycles. The number of carboxylic acid groups (broad SMARTS) is 1. The summed E-state index contributed by atoms with van der Waals surface area (Å²) in [6, 6.07) is 0.546. The van der Waals surface area contributed by atoms with Gasteiger partial charge in [0.15, 0.2) is 11.6 Å². The van der Waals surface area contributed by atoms with Crippen molar-refractivity contribution in [2.75, 3.05) is 0 Å². The normalized spacial score (nSPS) is 12.2. The molecule has 0 saturated carbocycles. The molecule has 0 aliphatic carbocycles. The zero-order valence-corrected chi connectivity index (χ0v) is 12.2. The first-order valence-corrected chi connectivity index (χ1v) is 6.48. The predicted octanol–water partition coefficient (Wildman–Crippen LogP) is 5.49. The van der Waals surface area contributed by atoms with E-state index in [1.807, 2.05) is 0 Å². The SMILES string of the molecule is O=C(O)c1cc(F)c(Oc2cc(C(F)(F)F)cc(C(F)(F)F)c2)cc1F. The molecule has 0 atom stereocenters. The molecule has 3 nitrogen and oxygen atoms in total. The molecular weight excluding hydrogens is 380 g/mol. The summed E-state index contributed by atoms with van der Waals surface area (Å²) in [4.78, 5) is 10.7. The van der Waals surface area contributed by atoms with E-state index >= 15 is 0 Å². The van der Waals surface area contributed by atoms with Crippen LogP contribution in [-0.2, 0) is 12.4 Å². The molecule has 0 saturated heterocycles. The van der Waals surface area contributed by atoms with Gasteiger partial charge >= 0.3 is 18.3 Å². The minimum atomic E-state index is -5.16.